The highest BCUT2D eigenvalue weighted by Gasteiger charge is 2.46. The van der Waals surface area contributed by atoms with Crippen LogP contribution in [0.25, 0.3) is 0 Å². The van der Waals surface area contributed by atoms with Crippen LogP contribution in [0.3, 0.4) is 0 Å². The Kier molecular flexibility index (Phi) is 9.72. The Balaban J connectivity index is 0. The van der Waals surface area contributed by atoms with Crippen LogP contribution < -0.4 is 0 Å². The molecule has 0 heterocycles. The lowest BCUT2D eigenvalue weighted by atomic mass is 10.0. The third-order valence-corrected chi connectivity index (χ3v) is 4.76. The zero-order valence-electron chi connectivity index (χ0n) is 12.6. The maximum atomic E-state index is 14.3. The first kappa shape index (κ1) is 23.8. The Labute approximate surface area is 128 Å². The second kappa shape index (κ2) is 8.99. The van der Waals surface area contributed by atoms with Crippen molar-refractivity contribution in [2.45, 2.75) is 31.9 Å². The summed E-state index contributed by atoms with van der Waals surface area (Å²) >= 11 is 0. The number of halogens is 4. The molecule has 0 amide bonds. The van der Waals surface area contributed by atoms with Crippen molar-refractivity contribution in [1.82, 2.24) is 0 Å². The van der Waals surface area contributed by atoms with Gasteiger partial charge in [-0.2, -0.15) is 16.8 Å². The highest BCUT2D eigenvalue weighted by Crippen LogP contribution is 2.31. The number of hydrogen-bond acceptors (Lipinski definition) is 6. The van der Waals surface area contributed by atoms with Crippen LogP contribution in [0.4, 0.5) is 17.6 Å². The molecule has 0 radical (unpaired) electrons. The molecule has 0 aromatic carbocycles. The summed E-state index contributed by atoms with van der Waals surface area (Å²) in [6.07, 6.45) is -1.59. The fourth-order valence-electron chi connectivity index (χ4n) is 1.45. The molecule has 0 saturated carbocycles. The molecule has 0 unspecified atom stereocenters. The van der Waals surface area contributed by atoms with Gasteiger partial charge in [0, 0.05) is 6.42 Å². The van der Waals surface area contributed by atoms with Crippen LogP contribution in [-0.4, -0.2) is 60.8 Å². The molecule has 0 spiro atoms. The van der Waals surface area contributed by atoms with E-state index in [1.54, 1.807) is 0 Å². The molecular weight excluding hydrogens is 356 g/mol. The first-order chi connectivity index (χ1) is 9.66. The van der Waals surface area contributed by atoms with E-state index < -0.39 is 49.8 Å². The third-order valence-electron chi connectivity index (χ3n) is 2.01. The minimum Gasteiger partial charge on any atom is -0.273 e. The van der Waals surface area contributed by atoms with Gasteiger partial charge in [0.05, 0.1) is 20.9 Å². The van der Waals surface area contributed by atoms with E-state index in [0.29, 0.717) is 21.1 Å². The average molecular weight is 376 g/mol. The van der Waals surface area contributed by atoms with E-state index in [2.05, 4.69) is 8.37 Å². The van der Waals surface area contributed by atoms with E-state index in [1.165, 1.54) is 6.92 Å². The third kappa shape index (κ3) is 12.1. The molecule has 136 valence electrons. The van der Waals surface area contributed by atoms with Gasteiger partial charge < -0.3 is 0 Å². The summed E-state index contributed by atoms with van der Waals surface area (Å²) in [6.45, 7) is 1.56. The van der Waals surface area contributed by atoms with Crippen molar-refractivity contribution in [3.63, 3.8) is 0 Å². The standard InChI is InChI=1S/C8H15F3O6S2.C2H5F/c1-7(9,10)4-8(11,5-18(12,13)16-2)6-19(14,15)17-3;1-2-3/h4-6H2,1-3H3;2H2,1H3. The minimum atomic E-state index is -4.46. The van der Waals surface area contributed by atoms with Gasteiger partial charge in [0.15, 0.2) is 0 Å². The Morgan fingerprint density at radius 2 is 1.18 bits per heavy atom. The first-order valence-corrected chi connectivity index (χ1v) is 9.00. The molecule has 0 aromatic heterocycles. The maximum absolute atomic E-state index is 14.3. The number of alkyl halides is 4. The summed E-state index contributed by atoms with van der Waals surface area (Å²) in [7, 11) is -7.49. The maximum Gasteiger partial charge on any atom is 0.270 e. The molecule has 12 heteroatoms. The van der Waals surface area contributed by atoms with Crippen molar-refractivity contribution in [1.29, 1.82) is 0 Å². The average Bonchev–Trinajstić information content (AvgIpc) is 2.25. The summed E-state index contributed by atoms with van der Waals surface area (Å²) in [5, 5.41) is 0. The molecule has 0 saturated heterocycles. The van der Waals surface area contributed by atoms with Crippen molar-refractivity contribution in [3.05, 3.63) is 0 Å². The second-order valence-electron chi connectivity index (χ2n) is 4.40. The van der Waals surface area contributed by atoms with Crippen LogP contribution in [0.15, 0.2) is 0 Å². The Bertz CT molecular complexity index is 476. The summed E-state index contributed by atoms with van der Waals surface area (Å²) in [6, 6.07) is 0. The second-order valence-corrected chi connectivity index (χ2v) is 7.88. The molecule has 6 nitrogen and oxygen atoms in total. The van der Waals surface area contributed by atoms with E-state index >= 15 is 0 Å². The van der Waals surface area contributed by atoms with Gasteiger partial charge in [-0.1, -0.05) is 0 Å². The van der Waals surface area contributed by atoms with Gasteiger partial charge in [-0.05, 0) is 13.8 Å². The molecule has 0 aliphatic rings. The van der Waals surface area contributed by atoms with Gasteiger partial charge in [-0.15, -0.1) is 0 Å². The van der Waals surface area contributed by atoms with Gasteiger partial charge in [0.1, 0.15) is 17.2 Å². The van der Waals surface area contributed by atoms with Crippen LogP contribution in [0.2, 0.25) is 0 Å². The van der Waals surface area contributed by atoms with E-state index in [4.69, 9.17) is 0 Å². The lowest BCUT2D eigenvalue weighted by molar-refractivity contribution is -0.0291. The molecule has 0 aromatic rings. The Hall–Kier alpha value is -0.460. The SMILES string of the molecule is CCF.COS(=O)(=O)CC(F)(CC(C)(F)F)CS(=O)(=O)OC. The first-order valence-electron chi connectivity index (χ1n) is 5.85. The summed E-state index contributed by atoms with van der Waals surface area (Å²) in [5.74, 6) is -6.62. The van der Waals surface area contributed by atoms with E-state index in [1.807, 2.05) is 0 Å². The van der Waals surface area contributed by atoms with Crippen molar-refractivity contribution in [2.24, 2.45) is 0 Å². The van der Waals surface area contributed by atoms with Crippen LogP contribution in [0, 0.1) is 0 Å². The smallest absolute Gasteiger partial charge is 0.270 e. The molecule has 0 N–H and O–H groups in total. The summed E-state index contributed by atoms with van der Waals surface area (Å²) < 4.78 is 103. The van der Waals surface area contributed by atoms with Crippen molar-refractivity contribution in [3.8, 4) is 0 Å². The molecule has 0 aliphatic carbocycles. The van der Waals surface area contributed by atoms with Crippen molar-refractivity contribution < 1.29 is 42.8 Å². The van der Waals surface area contributed by atoms with Crippen LogP contribution in [0.1, 0.15) is 20.3 Å². The summed E-state index contributed by atoms with van der Waals surface area (Å²) in [4.78, 5) is 0. The molecule has 0 fully saturated rings. The number of hydrogen-bond donors (Lipinski definition) is 0. The van der Waals surface area contributed by atoms with E-state index in [-0.39, 0.29) is 6.67 Å². The van der Waals surface area contributed by atoms with Gasteiger partial charge in [-0.25, -0.2) is 13.2 Å². The summed E-state index contributed by atoms with van der Waals surface area (Å²) in [5.41, 5.74) is -3.22. The van der Waals surface area contributed by atoms with Gasteiger partial charge in [0.2, 0.25) is 5.92 Å². The normalized spacial score (nSPS) is 13.5. The van der Waals surface area contributed by atoms with E-state index in [9.17, 15) is 34.4 Å². The lowest BCUT2D eigenvalue weighted by Crippen LogP contribution is -2.44. The predicted molar refractivity (Wildman–Crippen MR) is 72.3 cm³/mol. The Morgan fingerprint density at radius 3 is 1.36 bits per heavy atom. The van der Waals surface area contributed by atoms with Gasteiger partial charge in [0.25, 0.3) is 20.2 Å². The van der Waals surface area contributed by atoms with Gasteiger partial charge in [-0.3, -0.25) is 12.8 Å². The highest BCUT2D eigenvalue weighted by molar-refractivity contribution is 7.87. The fourth-order valence-corrected chi connectivity index (χ4v) is 3.49. The number of rotatable bonds is 8. The molecule has 0 bridgehead atoms. The fraction of sp³-hybridized carbons (Fsp3) is 1.00. The largest absolute Gasteiger partial charge is 0.273 e. The van der Waals surface area contributed by atoms with Crippen LogP contribution in [0.5, 0.6) is 0 Å². The lowest BCUT2D eigenvalue weighted by Gasteiger charge is -2.26. The molecular formula is C10H20F4O6S2. The molecule has 0 aliphatic heterocycles. The highest BCUT2D eigenvalue weighted by atomic mass is 32.2. The minimum absolute atomic E-state index is 0.250. The topological polar surface area (TPSA) is 86.7 Å². The molecule has 0 atom stereocenters. The quantitative estimate of drug-likeness (QED) is 0.473. The zero-order valence-corrected chi connectivity index (χ0v) is 14.2. The van der Waals surface area contributed by atoms with Crippen LogP contribution in [-0.2, 0) is 28.6 Å². The Morgan fingerprint density at radius 1 is 0.909 bits per heavy atom. The van der Waals surface area contributed by atoms with Crippen molar-refractivity contribution in [2.75, 3.05) is 32.4 Å². The monoisotopic (exact) mass is 376 g/mol. The molecule has 22 heavy (non-hydrogen) atoms. The van der Waals surface area contributed by atoms with Crippen LogP contribution >= 0.6 is 0 Å². The predicted octanol–water partition coefficient (Wildman–Crippen LogP) is 1.67. The molecule has 0 rings (SSSR count). The van der Waals surface area contributed by atoms with Gasteiger partial charge >= 0.3 is 0 Å². The van der Waals surface area contributed by atoms with Crippen molar-refractivity contribution >= 4 is 20.2 Å². The van der Waals surface area contributed by atoms with E-state index in [0.717, 1.165) is 0 Å². The zero-order chi connectivity index (χ0) is 18.2.